The molecule has 12 heavy (non-hydrogen) atoms. The highest BCUT2D eigenvalue weighted by molar-refractivity contribution is 7.16. The second kappa shape index (κ2) is 2.49. The van der Waals surface area contributed by atoms with E-state index in [0.29, 0.717) is 0 Å². The van der Waals surface area contributed by atoms with Gasteiger partial charge < -0.3 is 4.48 Å². The highest BCUT2D eigenvalue weighted by Crippen LogP contribution is 2.16. The number of benzene rings is 1. The Morgan fingerprint density at radius 2 is 2.25 bits per heavy atom. The fourth-order valence-corrected chi connectivity index (χ4v) is 2.22. The first-order valence-corrected chi connectivity index (χ1v) is 4.56. The molecule has 0 amide bonds. The molecule has 0 saturated heterocycles. The van der Waals surface area contributed by atoms with Crippen molar-refractivity contribution >= 4 is 29.5 Å². The van der Waals surface area contributed by atoms with E-state index in [0.717, 1.165) is 10.2 Å². The van der Waals surface area contributed by atoms with Gasteiger partial charge in [-0.25, -0.2) is 0 Å². The lowest BCUT2D eigenvalue weighted by Crippen LogP contribution is -2.08. The molecular weight excluding hydrogens is 169 g/mol. The van der Waals surface area contributed by atoms with Crippen LogP contribution in [-0.2, 0) is 0 Å². The minimum atomic E-state index is 0.107. The van der Waals surface area contributed by atoms with E-state index < -0.39 is 0 Å². The number of nitrogens with zero attached hydrogens (tertiary/aromatic N) is 1. The van der Waals surface area contributed by atoms with E-state index >= 15 is 0 Å². The molecule has 0 N–H and O–H groups in total. The van der Waals surface area contributed by atoms with Crippen molar-refractivity contribution in [3.8, 4) is 0 Å². The minimum absolute atomic E-state index is 0.107. The van der Waals surface area contributed by atoms with Gasteiger partial charge in [0.05, 0.1) is 4.70 Å². The molecule has 0 fully saturated rings. The maximum Gasteiger partial charge on any atom is 0.295 e. The Hall–Kier alpha value is -1.03. The molecule has 2 aromatic rings. The normalized spacial score (nSPS) is 10.8. The van der Waals surface area contributed by atoms with Crippen LogP contribution in [0.5, 0.6) is 0 Å². The van der Waals surface area contributed by atoms with E-state index in [-0.39, 0.29) is 4.87 Å². The Bertz CT molecular complexity index is 485. The van der Waals surface area contributed by atoms with Crippen molar-refractivity contribution in [2.24, 2.45) is 0 Å². The first-order valence-electron chi connectivity index (χ1n) is 3.74. The van der Waals surface area contributed by atoms with Crippen LogP contribution in [0.3, 0.4) is 0 Å². The predicted molar refractivity (Wildman–Crippen MR) is 54.8 cm³/mol. The van der Waals surface area contributed by atoms with E-state index in [9.17, 15) is 4.79 Å². The van der Waals surface area contributed by atoms with Crippen molar-refractivity contribution in [1.29, 1.82) is 0 Å². The molecule has 0 radical (unpaired) electrons. The summed E-state index contributed by atoms with van der Waals surface area (Å²) in [6.45, 7) is 2.03. The number of aryl methyl sites for hydroxylation is 1. The Morgan fingerprint density at radius 1 is 1.50 bits per heavy atom. The molecule has 60 valence electrons. The molecule has 2 rings (SSSR count). The average molecular weight is 177 g/mol. The Balaban J connectivity index is 2.96. The lowest BCUT2D eigenvalue weighted by Gasteiger charge is -1.94. The van der Waals surface area contributed by atoms with E-state index in [4.69, 9.17) is 0 Å². The molecule has 4 heteroatoms. The third kappa shape index (κ3) is 0.993. The summed E-state index contributed by atoms with van der Waals surface area (Å²) in [5.41, 5.74) is 2.22. The molecule has 0 spiro atoms. The quantitative estimate of drug-likeness (QED) is 0.544. The molecule has 0 aliphatic heterocycles. The molecule has 0 aliphatic carbocycles. The second-order valence-electron chi connectivity index (χ2n) is 2.90. The van der Waals surface area contributed by atoms with Gasteiger partial charge >= 0.3 is 0 Å². The van der Waals surface area contributed by atoms with Crippen molar-refractivity contribution in [1.82, 2.24) is 4.48 Å². The molecule has 1 heterocycles. The second-order valence-corrected chi connectivity index (χ2v) is 3.89. The van der Waals surface area contributed by atoms with E-state index in [2.05, 4.69) is 0 Å². The van der Waals surface area contributed by atoms with Gasteiger partial charge in [-0.2, -0.15) is 0 Å². The summed E-state index contributed by atoms with van der Waals surface area (Å²) < 4.78 is 2.75. The summed E-state index contributed by atoms with van der Waals surface area (Å²) in [6, 6.07) is 6.05. The molecule has 0 bridgehead atoms. The van der Waals surface area contributed by atoms with Crippen LogP contribution in [0.2, 0.25) is 0 Å². The van der Waals surface area contributed by atoms with Gasteiger partial charge in [-0.15, -0.1) is 0 Å². The lowest BCUT2D eigenvalue weighted by atomic mass is 10.2. The molecule has 1 aromatic heterocycles. The van der Waals surface area contributed by atoms with Crippen molar-refractivity contribution in [3.05, 3.63) is 33.4 Å². The first-order chi connectivity index (χ1) is 5.68. The van der Waals surface area contributed by atoms with Crippen LogP contribution in [0.25, 0.3) is 10.2 Å². The maximum atomic E-state index is 11.2. The van der Waals surface area contributed by atoms with Crippen molar-refractivity contribution in [3.63, 3.8) is 0 Å². The van der Waals surface area contributed by atoms with Crippen molar-refractivity contribution < 1.29 is 0 Å². The Morgan fingerprint density at radius 3 is 3.00 bits per heavy atom. The zero-order chi connectivity index (χ0) is 8.72. The van der Waals surface area contributed by atoms with Crippen LogP contribution in [0, 0.1) is 6.92 Å². The van der Waals surface area contributed by atoms with Crippen LogP contribution in [-0.4, -0.2) is 12.5 Å². The maximum absolute atomic E-state index is 11.2. The van der Waals surface area contributed by atoms with Gasteiger partial charge in [0.1, 0.15) is 0 Å². The van der Waals surface area contributed by atoms with Crippen LogP contribution in [0.4, 0.5) is 0 Å². The average Bonchev–Trinajstić information content (AvgIpc) is 2.28. The summed E-state index contributed by atoms with van der Waals surface area (Å²) in [4.78, 5) is 11.3. The van der Waals surface area contributed by atoms with Crippen LogP contribution in [0.1, 0.15) is 5.56 Å². The number of aromatic nitrogens is 1. The molecule has 0 atom stereocenters. The molecular formula is C8H8BNOS. The number of hydrogen-bond donors (Lipinski definition) is 0. The summed E-state index contributed by atoms with van der Waals surface area (Å²) in [7, 11) is 1.80. The zero-order valence-corrected chi connectivity index (χ0v) is 7.81. The van der Waals surface area contributed by atoms with Gasteiger partial charge in [-0.1, -0.05) is 17.4 Å². The van der Waals surface area contributed by atoms with Gasteiger partial charge in [0.15, 0.2) is 0 Å². The van der Waals surface area contributed by atoms with Gasteiger partial charge in [-0.3, -0.25) is 4.79 Å². The van der Waals surface area contributed by atoms with E-state index in [1.54, 1.807) is 12.5 Å². The van der Waals surface area contributed by atoms with Gasteiger partial charge in [-0.05, 0) is 24.6 Å². The van der Waals surface area contributed by atoms with E-state index in [1.165, 1.54) is 16.9 Å². The van der Waals surface area contributed by atoms with Gasteiger partial charge in [0.2, 0.25) is 7.98 Å². The Labute approximate surface area is 74.9 Å². The number of hydrogen-bond acceptors (Lipinski definition) is 2. The third-order valence-electron chi connectivity index (χ3n) is 1.95. The summed E-state index contributed by atoms with van der Waals surface area (Å²) in [5, 5.41) is 0. The summed E-state index contributed by atoms with van der Waals surface area (Å²) in [6.07, 6.45) is 0. The van der Waals surface area contributed by atoms with Gasteiger partial charge in [0.25, 0.3) is 4.87 Å². The molecule has 0 aliphatic rings. The van der Waals surface area contributed by atoms with E-state index in [1.807, 2.05) is 25.1 Å². The lowest BCUT2D eigenvalue weighted by molar-refractivity contribution is 1.26. The fourth-order valence-electron chi connectivity index (χ4n) is 1.24. The van der Waals surface area contributed by atoms with Crippen LogP contribution < -0.4 is 4.87 Å². The van der Waals surface area contributed by atoms with Crippen LogP contribution in [0.15, 0.2) is 23.0 Å². The highest BCUT2D eigenvalue weighted by Gasteiger charge is 2.01. The monoisotopic (exact) mass is 177 g/mol. The number of rotatable bonds is 0. The largest absolute Gasteiger partial charge is 0.352 e. The number of thiazole rings is 1. The summed E-state index contributed by atoms with van der Waals surface area (Å²) in [5.74, 6) is 0. The molecule has 2 nitrogen and oxygen atoms in total. The number of fused-ring (bicyclic) bond motifs is 1. The predicted octanol–water partition coefficient (Wildman–Crippen LogP) is 0.768. The SMILES string of the molecule is Bn1c(=O)sc2cc(C)ccc21. The standard InChI is InChI=1S/C8H8BNOS/c1-5-2-3-6-7(4-5)12-8(11)10(6)9/h2-4H,9H2,1H3. The van der Waals surface area contributed by atoms with Crippen molar-refractivity contribution in [2.75, 3.05) is 0 Å². The smallest absolute Gasteiger partial charge is 0.295 e. The fraction of sp³-hybridized carbons (Fsp3) is 0.125. The zero-order valence-electron chi connectivity index (χ0n) is 7.00. The summed E-state index contributed by atoms with van der Waals surface area (Å²) >= 11 is 1.30. The van der Waals surface area contributed by atoms with Crippen LogP contribution >= 0.6 is 11.3 Å². The van der Waals surface area contributed by atoms with Crippen molar-refractivity contribution in [2.45, 2.75) is 6.92 Å². The topological polar surface area (TPSA) is 22.0 Å². The minimum Gasteiger partial charge on any atom is -0.352 e. The third-order valence-corrected chi connectivity index (χ3v) is 2.94. The van der Waals surface area contributed by atoms with Gasteiger partial charge in [0, 0.05) is 5.52 Å². The molecule has 1 aromatic carbocycles. The molecule has 0 unspecified atom stereocenters. The first kappa shape index (κ1) is 7.62. The Kier molecular flexibility index (Phi) is 1.58. The highest BCUT2D eigenvalue weighted by atomic mass is 32.1. The molecule has 0 saturated carbocycles.